The maximum atomic E-state index is 12.4. The van der Waals surface area contributed by atoms with Crippen LogP contribution in [0.15, 0.2) is 24.3 Å². The van der Waals surface area contributed by atoms with Crippen LogP contribution in [0.1, 0.15) is 43.1 Å². The van der Waals surface area contributed by atoms with Gasteiger partial charge in [-0.05, 0) is 29.5 Å². The van der Waals surface area contributed by atoms with E-state index < -0.39 is 5.91 Å². The van der Waals surface area contributed by atoms with Crippen molar-refractivity contribution in [2.45, 2.75) is 39.7 Å². The van der Waals surface area contributed by atoms with Crippen molar-refractivity contribution in [2.75, 3.05) is 19.7 Å². The zero-order valence-electron chi connectivity index (χ0n) is 14.2. The van der Waals surface area contributed by atoms with Crippen molar-refractivity contribution in [2.24, 2.45) is 11.1 Å². The first-order valence-corrected chi connectivity index (χ1v) is 8.05. The van der Waals surface area contributed by atoms with Crippen molar-refractivity contribution >= 4 is 11.8 Å². The van der Waals surface area contributed by atoms with Crippen LogP contribution in [-0.4, -0.2) is 42.5 Å². The molecule has 1 fully saturated rings. The van der Waals surface area contributed by atoms with Gasteiger partial charge in [0.2, 0.25) is 11.8 Å². The Bertz CT molecular complexity index is 561. The first-order chi connectivity index (χ1) is 10.8. The summed E-state index contributed by atoms with van der Waals surface area (Å²) in [5.41, 5.74) is 6.77. The largest absolute Gasteiger partial charge is 0.374 e. The number of nitrogens with two attached hydrogens (primary N) is 1. The average Bonchev–Trinajstić information content (AvgIpc) is 2.52. The highest BCUT2D eigenvalue weighted by Gasteiger charge is 2.32. The Kier molecular flexibility index (Phi) is 5.42. The number of amides is 2. The second-order valence-electron chi connectivity index (χ2n) is 7.13. The maximum absolute atomic E-state index is 12.4. The van der Waals surface area contributed by atoms with Gasteiger partial charge in [-0.15, -0.1) is 0 Å². The summed E-state index contributed by atoms with van der Waals surface area (Å²) in [5, 5.41) is 0. The predicted molar refractivity (Wildman–Crippen MR) is 89.1 cm³/mol. The van der Waals surface area contributed by atoms with Gasteiger partial charge in [-0.2, -0.15) is 0 Å². The van der Waals surface area contributed by atoms with Gasteiger partial charge >= 0.3 is 0 Å². The molecule has 5 heteroatoms. The molecule has 0 aliphatic carbocycles. The highest BCUT2D eigenvalue weighted by Crippen LogP contribution is 2.25. The molecule has 5 nitrogen and oxygen atoms in total. The van der Waals surface area contributed by atoms with Gasteiger partial charge in [-0.3, -0.25) is 9.59 Å². The Hall–Kier alpha value is -1.88. The molecule has 1 aromatic rings. The summed E-state index contributed by atoms with van der Waals surface area (Å²) in [6, 6.07) is 7.11. The zero-order valence-corrected chi connectivity index (χ0v) is 14.2. The van der Waals surface area contributed by atoms with E-state index in [9.17, 15) is 9.59 Å². The van der Waals surface area contributed by atoms with Crippen molar-refractivity contribution in [1.82, 2.24) is 4.90 Å². The highest BCUT2D eigenvalue weighted by molar-refractivity contribution is 5.92. The van der Waals surface area contributed by atoms with Crippen molar-refractivity contribution in [3.05, 3.63) is 35.4 Å². The number of morpholine rings is 1. The Morgan fingerprint density at radius 3 is 2.48 bits per heavy atom. The first kappa shape index (κ1) is 17.5. The summed E-state index contributed by atoms with van der Waals surface area (Å²) in [4.78, 5) is 25.4. The van der Waals surface area contributed by atoms with E-state index in [0.717, 1.165) is 5.56 Å². The Balaban J connectivity index is 1.88. The third-order valence-corrected chi connectivity index (χ3v) is 4.25. The fourth-order valence-corrected chi connectivity index (χ4v) is 2.64. The first-order valence-electron chi connectivity index (χ1n) is 8.05. The van der Waals surface area contributed by atoms with E-state index in [1.165, 1.54) is 0 Å². The number of hydrogen-bond donors (Lipinski definition) is 1. The third-order valence-electron chi connectivity index (χ3n) is 4.25. The second-order valence-corrected chi connectivity index (χ2v) is 7.13. The molecular formula is C18H26N2O3. The molecule has 2 amide bonds. The molecule has 0 saturated carbocycles. The van der Waals surface area contributed by atoms with Crippen molar-refractivity contribution in [3.8, 4) is 0 Å². The molecule has 0 unspecified atom stereocenters. The molecule has 0 aromatic heterocycles. The standard InChI is InChI=1S/C18H26N2O3/c1-18(2,3)15-12-20(10-11-23-15)16(21)9-6-13-4-7-14(8-5-13)17(19)22/h4-5,7-8,15H,6,9-12H2,1-3H3,(H2,19,22)/t15-/m0/s1. The Labute approximate surface area is 137 Å². The van der Waals surface area contributed by atoms with Gasteiger partial charge in [0.15, 0.2) is 0 Å². The minimum absolute atomic E-state index is 0.0313. The van der Waals surface area contributed by atoms with Crippen LogP contribution in [0.5, 0.6) is 0 Å². The summed E-state index contributed by atoms with van der Waals surface area (Å²) < 4.78 is 5.78. The molecule has 1 atom stereocenters. The molecule has 0 radical (unpaired) electrons. The quantitative estimate of drug-likeness (QED) is 0.923. The predicted octanol–water partition coefficient (Wildman–Crippen LogP) is 1.99. The van der Waals surface area contributed by atoms with Gasteiger partial charge in [0.05, 0.1) is 12.7 Å². The van der Waals surface area contributed by atoms with Crippen LogP contribution < -0.4 is 5.73 Å². The van der Waals surface area contributed by atoms with Gasteiger partial charge in [-0.25, -0.2) is 0 Å². The SMILES string of the molecule is CC(C)(C)[C@@H]1CN(C(=O)CCc2ccc(C(N)=O)cc2)CCO1. The molecule has 2 N–H and O–H groups in total. The van der Waals surface area contributed by atoms with Gasteiger partial charge in [-0.1, -0.05) is 32.9 Å². The number of carbonyl (C=O) groups is 2. The topological polar surface area (TPSA) is 72.6 Å². The number of primary amides is 1. The Morgan fingerprint density at radius 2 is 1.91 bits per heavy atom. The van der Waals surface area contributed by atoms with Crippen molar-refractivity contribution < 1.29 is 14.3 Å². The van der Waals surface area contributed by atoms with Crippen LogP contribution in [0.3, 0.4) is 0 Å². The van der Waals surface area contributed by atoms with E-state index in [0.29, 0.717) is 38.1 Å². The zero-order chi connectivity index (χ0) is 17.0. The van der Waals surface area contributed by atoms with Gasteiger partial charge in [0.1, 0.15) is 0 Å². The highest BCUT2D eigenvalue weighted by atomic mass is 16.5. The van der Waals surface area contributed by atoms with E-state index in [4.69, 9.17) is 10.5 Å². The van der Waals surface area contributed by atoms with E-state index in [2.05, 4.69) is 20.8 Å². The smallest absolute Gasteiger partial charge is 0.248 e. The van der Waals surface area contributed by atoms with Crippen LogP contribution in [0.4, 0.5) is 0 Å². The number of hydrogen-bond acceptors (Lipinski definition) is 3. The summed E-state index contributed by atoms with van der Waals surface area (Å²) in [6.45, 7) is 8.31. The molecule has 1 heterocycles. The van der Waals surface area contributed by atoms with E-state index >= 15 is 0 Å². The lowest BCUT2D eigenvalue weighted by atomic mass is 9.88. The van der Waals surface area contributed by atoms with Gasteiger partial charge in [0, 0.05) is 25.1 Å². The molecular weight excluding hydrogens is 292 g/mol. The van der Waals surface area contributed by atoms with Gasteiger partial charge in [0.25, 0.3) is 0 Å². The Morgan fingerprint density at radius 1 is 1.26 bits per heavy atom. The molecule has 1 aliphatic heterocycles. The minimum Gasteiger partial charge on any atom is -0.374 e. The monoisotopic (exact) mass is 318 g/mol. The van der Waals surface area contributed by atoms with E-state index in [1.807, 2.05) is 17.0 Å². The minimum atomic E-state index is -0.436. The number of carbonyl (C=O) groups excluding carboxylic acids is 2. The van der Waals surface area contributed by atoms with Crippen LogP contribution >= 0.6 is 0 Å². The van der Waals surface area contributed by atoms with Gasteiger partial charge < -0.3 is 15.4 Å². The van der Waals surface area contributed by atoms with Crippen molar-refractivity contribution in [3.63, 3.8) is 0 Å². The lowest BCUT2D eigenvalue weighted by Crippen LogP contribution is -2.50. The van der Waals surface area contributed by atoms with Crippen LogP contribution in [0, 0.1) is 5.41 Å². The van der Waals surface area contributed by atoms with Crippen LogP contribution in [-0.2, 0) is 16.0 Å². The maximum Gasteiger partial charge on any atom is 0.248 e. The fourth-order valence-electron chi connectivity index (χ4n) is 2.64. The summed E-state index contributed by atoms with van der Waals surface area (Å²) in [7, 11) is 0. The molecule has 0 bridgehead atoms. The third kappa shape index (κ3) is 4.79. The number of nitrogens with zero attached hydrogens (tertiary/aromatic N) is 1. The molecule has 126 valence electrons. The fraction of sp³-hybridized carbons (Fsp3) is 0.556. The van der Waals surface area contributed by atoms with Crippen molar-refractivity contribution in [1.29, 1.82) is 0 Å². The molecule has 23 heavy (non-hydrogen) atoms. The number of benzene rings is 1. The average molecular weight is 318 g/mol. The molecule has 0 spiro atoms. The molecule has 1 aromatic carbocycles. The number of aryl methyl sites for hydroxylation is 1. The van der Waals surface area contributed by atoms with Crippen LogP contribution in [0.25, 0.3) is 0 Å². The van der Waals surface area contributed by atoms with E-state index in [-0.39, 0.29) is 17.4 Å². The van der Waals surface area contributed by atoms with Crippen LogP contribution in [0.2, 0.25) is 0 Å². The number of rotatable bonds is 4. The molecule has 2 rings (SSSR count). The lowest BCUT2D eigenvalue weighted by Gasteiger charge is -2.39. The summed E-state index contributed by atoms with van der Waals surface area (Å²) in [5.74, 6) is -0.282. The summed E-state index contributed by atoms with van der Waals surface area (Å²) >= 11 is 0. The normalized spacial score (nSPS) is 18.7. The lowest BCUT2D eigenvalue weighted by molar-refractivity contribution is -0.143. The molecule has 1 aliphatic rings. The van der Waals surface area contributed by atoms with E-state index in [1.54, 1.807) is 12.1 Å². The second kappa shape index (κ2) is 7.13. The molecule has 1 saturated heterocycles. The summed E-state index contributed by atoms with van der Waals surface area (Å²) in [6.07, 6.45) is 1.21. The number of ether oxygens (including phenoxy) is 1.